The van der Waals surface area contributed by atoms with Crippen molar-refractivity contribution in [1.29, 1.82) is 0 Å². The Bertz CT molecular complexity index is 1140. The molecular formula is C20H25N9S. The summed E-state index contributed by atoms with van der Waals surface area (Å²) in [7, 11) is 5.72. The number of hydrogen-bond donors (Lipinski definition) is 2. The summed E-state index contributed by atoms with van der Waals surface area (Å²) in [5.41, 5.74) is 6.77. The SMILES string of the molecule is C=C(/C=N\NC)c1cnc2c(NC3=CC(C)CN(C)S3)nc(-c3cnn(C)c3)cn12. The van der Waals surface area contributed by atoms with Gasteiger partial charge in [-0.1, -0.05) is 13.5 Å². The maximum atomic E-state index is 4.87. The summed E-state index contributed by atoms with van der Waals surface area (Å²) in [6.45, 7) is 7.33. The molecule has 1 unspecified atom stereocenters. The van der Waals surface area contributed by atoms with Crippen LogP contribution in [0.2, 0.25) is 0 Å². The third kappa shape index (κ3) is 4.10. The van der Waals surface area contributed by atoms with Crippen molar-refractivity contribution in [3.8, 4) is 11.3 Å². The Morgan fingerprint density at radius 1 is 1.33 bits per heavy atom. The first kappa shape index (κ1) is 20.2. The number of aryl methyl sites for hydroxylation is 1. The Morgan fingerprint density at radius 2 is 2.17 bits per heavy atom. The first-order valence-electron chi connectivity index (χ1n) is 9.58. The van der Waals surface area contributed by atoms with Crippen molar-refractivity contribution in [3.05, 3.63) is 48.2 Å². The van der Waals surface area contributed by atoms with Gasteiger partial charge in [0, 0.05) is 44.2 Å². The monoisotopic (exact) mass is 423 g/mol. The number of hydrazone groups is 1. The molecular weight excluding hydrogens is 398 g/mol. The average molecular weight is 424 g/mol. The molecule has 0 aliphatic carbocycles. The largest absolute Gasteiger partial charge is 0.331 e. The van der Waals surface area contributed by atoms with E-state index in [-0.39, 0.29) is 0 Å². The molecule has 0 bridgehead atoms. The Morgan fingerprint density at radius 3 is 2.87 bits per heavy atom. The fourth-order valence-corrected chi connectivity index (χ4v) is 4.43. The Balaban J connectivity index is 1.82. The van der Waals surface area contributed by atoms with Gasteiger partial charge in [0.15, 0.2) is 11.5 Å². The molecule has 0 spiro atoms. The summed E-state index contributed by atoms with van der Waals surface area (Å²) in [5.74, 6) is 1.13. The number of nitrogens with one attached hydrogen (secondary N) is 2. The summed E-state index contributed by atoms with van der Waals surface area (Å²) in [5, 5.41) is 12.9. The van der Waals surface area contributed by atoms with Gasteiger partial charge in [0.25, 0.3) is 0 Å². The second kappa shape index (κ2) is 8.33. The van der Waals surface area contributed by atoms with Crippen molar-refractivity contribution >= 4 is 35.2 Å². The molecule has 3 aromatic rings. The van der Waals surface area contributed by atoms with Crippen LogP contribution in [-0.4, -0.2) is 55.3 Å². The maximum absolute atomic E-state index is 4.87. The fraction of sp³-hybridized carbons (Fsp3) is 0.300. The zero-order chi connectivity index (χ0) is 21.3. The van der Waals surface area contributed by atoms with E-state index < -0.39 is 0 Å². The van der Waals surface area contributed by atoms with Gasteiger partial charge in [0.2, 0.25) is 0 Å². The third-order valence-electron chi connectivity index (χ3n) is 4.65. The van der Waals surface area contributed by atoms with Crippen LogP contribution in [0.25, 0.3) is 22.5 Å². The molecule has 0 radical (unpaired) electrons. The van der Waals surface area contributed by atoms with E-state index in [9.17, 15) is 0 Å². The summed E-state index contributed by atoms with van der Waals surface area (Å²) in [6, 6.07) is 0. The van der Waals surface area contributed by atoms with Gasteiger partial charge < -0.3 is 10.7 Å². The summed E-state index contributed by atoms with van der Waals surface area (Å²) >= 11 is 1.67. The van der Waals surface area contributed by atoms with Crippen molar-refractivity contribution in [1.82, 2.24) is 33.9 Å². The normalized spacial score (nSPS) is 17.5. The highest BCUT2D eigenvalue weighted by atomic mass is 32.2. The van der Waals surface area contributed by atoms with Crippen LogP contribution >= 0.6 is 11.9 Å². The number of aromatic nitrogens is 5. The first-order chi connectivity index (χ1) is 14.4. The van der Waals surface area contributed by atoms with Gasteiger partial charge in [-0.25, -0.2) is 14.3 Å². The minimum absolute atomic E-state index is 0.448. The van der Waals surface area contributed by atoms with Crippen LogP contribution in [0.1, 0.15) is 12.6 Å². The van der Waals surface area contributed by atoms with Crippen molar-refractivity contribution in [2.45, 2.75) is 6.92 Å². The van der Waals surface area contributed by atoms with Crippen LogP contribution in [0.4, 0.5) is 5.82 Å². The van der Waals surface area contributed by atoms with E-state index in [0.29, 0.717) is 11.7 Å². The number of fused-ring (bicyclic) bond motifs is 1. The molecule has 30 heavy (non-hydrogen) atoms. The van der Waals surface area contributed by atoms with Crippen molar-refractivity contribution in [2.75, 3.05) is 26.0 Å². The fourth-order valence-electron chi connectivity index (χ4n) is 3.34. The minimum atomic E-state index is 0.448. The van der Waals surface area contributed by atoms with Crippen LogP contribution in [0.5, 0.6) is 0 Å². The molecule has 0 saturated carbocycles. The molecule has 1 aliphatic rings. The quantitative estimate of drug-likeness (QED) is 0.358. The van der Waals surface area contributed by atoms with Crippen molar-refractivity contribution < 1.29 is 0 Å². The zero-order valence-corrected chi connectivity index (χ0v) is 18.3. The second-order valence-electron chi connectivity index (χ2n) is 7.26. The van der Waals surface area contributed by atoms with Crippen LogP contribution in [0.15, 0.2) is 47.6 Å². The van der Waals surface area contributed by atoms with E-state index in [1.807, 2.05) is 23.8 Å². The Kier molecular flexibility index (Phi) is 5.60. The predicted octanol–water partition coefficient (Wildman–Crippen LogP) is 2.83. The summed E-state index contributed by atoms with van der Waals surface area (Å²) in [6.07, 6.45) is 11.4. The molecule has 0 fully saturated rings. The molecule has 0 amide bonds. The zero-order valence-electron chi connectivity index (χ0n) is 17.5. The first-order valence-corrected chi connectivity index (χ1v) is 10.4. The topological polar surface area (TPSA) is 87.7 Å². The van der Waals surface area contributed by atoms with Gasteiger partial charge in [-0.3, -0.25) is 9.08 Å². The third-order valence-corrected chi connectivity index (χ3v) is 5.54. The van der Waals surface area contributed by atoms with E-state index in [0.717, 1.165) is 39.7 Å². The lowest BCUT2D eigenvalue weighted by Gasteiger charge is -2.26. The number of anilines is 1. The van der Waals surface area contributed by atoms with Gasteiger partial charge in [-0.05, 0) is 31.0 Å². The highest BCUT2D eigenvalue weighted by Gasteiger charge is 2.19. The minimum Gasteiger partial charge on any atom is -0.331 e. The molecule has 0 saturated heterocycles. The van der Waals surface area contributed by atoms with E-state index >= 15 is 0 Å². The molecule has 156 valence electrons. The molecule has 0 aromatic carbocycles. The van der Waals surface area contributed by atoms with Gasteiger partial charge in [-0.2, -0.15) is 10.2 Å². The Hall–Kier alpha value is -3.11. The van der Waals surface area contributed by atoms with Crippen molar-refractivity contribution in [3.63, 3.8) is 0 Å². The number of rotatable bonds is 6. The lowest BCUT2D eigenvalue weighted by Crippen LogP contribution is -2.23. The van der Waals surface area contributed by atoms with E-state index in [1.165, 1.54) is 0 Å². The van der Waals surface area contributed by atoms with E-state index in [2.05, 4.69) is 56.9 Å². The standard InChI is InChI=1S/C20H25N9S/c1-13-6-18(30-28(5)10-13)26-19-20-22-9-17(14(2)7-23-21-3)29(20)12-16(25-19)15-8-24-27(4)11-15/h6-9,11-13,21H,2,10H2,1,3-5H3,(H,25,26)/b23-7-. The molecule has 2 N–H and O–H groups in total. The molecule has 10 heteroatoms. The van der Waals surface area contributed by atoms with Crippen molar-refractivity contribution in [2.24, 2.45) is 18.1 Å². The molecule has 3 aromatic heterocycles. The molecule has 1 aliphatic heterocycles. The lowest BCUT2D eigenvalue weighted by atomic mass is 10.2. The highest BCUT2D eigenvalue weighted by Crippen LogP contribution is 2.31. The lowest BCUT2D eigenvalue weighted by molar-refractivity contribution is 0.489. The van der Waals surface area contributed by atoms with E-state index in [1.54, 1.807) is 42.3 Å². The smallest absolute Gasteiger partial charge is 0.180 e. The predicted molar refractivity (Wildman–Crippen MR) is 123 cm³/mol. The van der Waals surface area contributed by atoms with Gasteiger partial charge in [-0.15, -0.1) is 0 Å². The molecule has 4 heterocycles. The Labute approximate surface area is 179 Å². The maximum Gasteiger partial charge on any atom is 0.180 e. The van der Waals surface area contributed by atoms with Crippen LogP contribution in [-0.2, 0) is 7.05 Å². The summed E-state index contributed by atoms with van der Waals surface area (Å²) < 4.78 is 5.96. The van der Waals surface area contributed by atoms with Gasteiger partial charge in [0.05, 0.1) is 35.0 Å². The number of hydrogen-bond acceptors (Lipinski definition) is 8. The average Bonchev–Trinajstić information content (AvgIpc) is 3.31. The highest BCUT2D eigenvalue weighted by molar-refractivity contribution is 8.01. The molecule has 1 atom stereocenters. The van der Waals surface area contributed by atoms with Crippen LogP contribution < -0.4 is 10.7 Å². The van der Waals surface area contributed by atoms with Crippen LogP contribution in [0.3, 0.4) is 0 Å². The van der Waals surface area contributed by atoms with Crippen LogP contribution in [0, 0.1) is 5.92 Å². The second-order valence-corrected chi connectivity index (χ2v) is 8.50. The van der Waals surface area contributed by atoms with Gasteiger partial charge in [0.1, 0.15) is 0 Å². The number of nitrogens with zero attached hydrogens (tertiary/aromatic N) is 7. The van der Waals surface area contributed by atoms with Gasteiger partial charge >= 0.3 is 0 Å². The number of allylic oxidation sites excluding steroid dienone is 1. The molecule has 4 rings (SSSR count). The molecule has 9 nitrogen and oxygen atoms in total. The van der Waals surface area contributed by atoms with E-state index in [4.69, 9.17) is 4.98 Å². The number of imidazole rings is 1. The summed E-state index contributed by atoms with van der Waals surface area (Å²) in [4.78, 5) is 9.48.